The van der Waals surface area contributed by atoms with Gasteiger partial charge in [-0.3, -0.25) is 19.0 Å². The van der Waals surface area contributed by atoms with Gasteiger partial charge in [0.25, 0.3) is 5.91 Å². The average Bonchev–Trinajstić information content (AvgIpc) is 3.65. The van der Waals surface area contributed by atoms with Crippen molar-refractivity contribution in [2.45, 2.75) is 88.7 Å². The number of carbonyl (C=O) groups excluding carboxylic acids is 3. The molecule has 1 amide bonds. The van der Waals surface area contributed by atoms with Gasteiger partial charge in [-0.2, -0.15) is 0 Å². The summed E-state index contributed by atoms with van der Waals surface area (Å²) in [7, 11) is 0. The lowest BCUT2D eigenvalue weighted by Gasteiger charge is -2.44. The molecule has 3 aliphatic carbocycles. The van der Waals surface area contributed by atoms with E-state index in [1.807, 2.05) is 0 Å². The second-order valence-electron chi connectivity index (χ2n) is 11.1. The monoisotopic (exact) mass is 537 g/mol. The maximum absolute atomic E-state index is 13.1. The van der Waals surface area contributed by atoms with Gasteiger partial charge in [0, 0.05) is 19.3 Å². The number of aromatic nitrogens is 4. The summed E-state index contributed by atoms with van der Waals surface area (Å²) in [6.45, 7) is 1.41. The molecule has 2 aromatic rings. The number of fused-ring (bicyclic) bond motifs is 4. The predicted molar refractivity (Wildman–Crippen MR) is 135 cm³/mol. The molecule has 5 fully saturated rings. The van der Waals surface area contributed by atoms with Crippen molar-refractivity contribution in [3.8, 4) is 12.3 Å². The molecule has 5 aliphatic rings. The molecule has 2 aliphatic heterocycles. The highest BCUT2D eigenvalue weighted by Gasteiger charge is 2.52. The molecule has 2 aromatic heterocycles. The molecule has 0 aromatic carbocycles. The third-order valence-electron chi connectivity index (χ3n) is 8.76. The second-order valence-corrected chi connectivity index (χ2v) is 11.1. The first-order chi connectivity index (χ1) is 18.7. The van der Waals surface area contributed by atoms with Crippen molar-refractivity contribution in [2.75, 3.05) is 11.9 Å². The van der Waals surface area contributed by atoms with Gasteiger partial charge in [0.1, 0.15) is 24.8 Å². The lowest BCUT2D eigenvalue weighted by Crippen LogP contribution is -2.47. The number of terminal acetylenes is 1. The number of aliphatic hydroxyl groups excluding tert-OH is 1. The van der Waals surface area contributed by atoms with Crippen LogP contribution in [0.5, 0.6) is 0 Å². The van der Waals surface area contributed by atoms with Crippen LogP contribution in [0.4, 0.5) is 5.82 Å². The number of amides is 1. The summed E-state index contributed by atoms with van der Waals surface area (Å²) >= 11 is 0. The van der Waals surface area contributed by atoms with E-state index in [1.54, 1.807) is 11.5 Å². The fourth-order valence-corrected chi connectivity index (χ4v) is 6.34. The van der Waals surface area contributed by atoms with Crippen molar-refractivity contribution in [3.05, 3.63) is 12.2 Å². The molecule has 206 valence electrons. The van der Waals surface area contributed by atoms with Crippen LogP contribution in [0, 0.1) is 30.6 Å². The Kier molecular flexibility index (Phi) is 6.31. The van der Waals surface area contributed by atoms with E-state index < -0.39 is 41.3 Å². The summed E-state index contributed by atoms with van der Waals surface area (Å²) in [6.07, 6.45) is 10.8. The number of nitrogens with one attached hydrogen (secondary N) is 1. The van der Waals surface area contributed by atoms with Crippen molar-refractivity contribution in [2.24, 2.45) is 11.3 Å². The van der Waals surface area contributed by atoms with E-state index in [-0.39, 0.29) is 31.2 Å². The Morgan fingerprint density at radius 3 is 2.67 bits per heavy atom. The van der Waals surface area contributed by atoms with Crippen LogP contribution in [0.3, 0.4) is 0 Å². The Labute approximate surface area is 224 Å². The second kappa shape index (κ2) is 9.57. The number of ether oxygens (including phenoxy) is 3. The molecule has 3 saturated carbocycles. The summed E-state index contributed by atoms with van der Waals surface area (Å²) in [4.78, 5) is 50.3. The van der Waals surface area contributed by atoms with Gasteiger partial charge >= 0.3 is 11.9 Å². The minimum Gasteiger partial charge on any atom is -0.461 e. The van der Waals surface area contributed by atoms with Crippen LogP contribution < -0.4 is 5.32 Å². The summed E-state index contributed by atoms with van der Waals surface area (Å²) in [6, 6.07) is 0. The molecule has 7 rings (SSSR count). The number of cyclic esters (lactones) is 1. The minimum absolute atomic E-state index is 0.114. The van der Waals surface area contributed by atoms with Crippen molar-refractivity contribution >= 4 is 34.8 Å². The number of hydrogen-bond donors (Lipinski definition) is 2. The maximum Gasteiger partial charge on any atom is 0.312 e. The molecule has 39 heavy (non-hydrogen) atoms. The normalized spacial score (nSPS) is 33.6. The summed E-state index contributed by atoms with van der Waals surface area (Å²) < 4.78 is 18.6. The number of rotatable bonds is 6. The van der Waals surface area contributed by atoms with E-state index in [1.165, 1.54) is 6.33 Å². The smallest absolute Gasteiger partial charge is 0.312 e. The summed E-state index contributed by atoms with van der Waals surface area (Å²) in [5, 5.41) is 13.7. The first kappa shape index (κ1) is 25.7. The molecule has 2 saturated heterocycles. The number of esters is 2. The van der Waals surface area contributed by atoms with Crippen molar-refractivity contribution in [1.29, 1.82) is 0 Å². The van der Waals surface area contributed by atoms with Gasteiger partial charge in [-0.25, -0.2) is 15.0 Å². The third kappa shape index (κ3) is 4.43. The third-order valence-corrected chi connectivity index (χ3v) is 8.76. The van der Waals surface area contributed by atoms with Crippen LogP contribution in [0.25, 0.3) is 11.2 Å². The van der Waals surface area contributed by atoms with Gasteiger partial charge in [0.05, 0.1) is 11.7 Å². The number of imidazole rings is 1. The summed E-state index contributed by atoms with van der Waals surface area (Å²) in [5.74, 6) is 2.59. The fraction of sp³-hybridized carbons (Fsp3) is 0.630. The Balaban J connectivity index is 1.19. The van der Waals surface area contributed by atoms with Crippen LogP contribution in [0.1, 0.15) is 69.8 Å². The Morgan fingerprint density at radius 1 is 1.26 bits per heavy atom. The van der Waals surface area contributed by atoms with Gasteiger partial charge in [-0.1, -0.05) is 5.92 Å². The lowest BCUT2D eigenvalue weighted by molar-refractivity contribution is -0.173. The fourth-order valence-electron chi connectivity index (χ4n) is 6.34. The zero-order chi connectivity index (χ0) is 27.4. The first-order valence-corrected chi connectivity index (χ1v) is 13.4. The van der Waals surface area contributed by atoms with Gasteiger partial charge in [0.2, 0.25) is 0 Å². The number of aliphatic hydroxyl groups is 1. The Morgan fingerprint density at radius 2 is 2.00 bits per heavy atom. The highest BCUT2D eigenvalue weighted by atomic mass is 16.6. The zero-order valence-electron chi connectivity index (χ0n) is 21.7. The van der Waals surface area contributed by atoms with E-state index in [0.717, 1.165) is 38.5 Å². The molecular formula is C27H31N5O7. The molecule has 2 N–H and O–H groups in total. The van der Waals surface area contributed by atoms with Gasteiger partial charge in [-0.05, 0) is 51.4 Å². The van der Waals surface area contributed by atoms with Crippen molar-refractivity contribution in [1.82, 2.24) is 19.5 Å². The quantitative estimate of drug-likeness (QED) is 0.413. The molecule has 0 radical (unpaired) electrons. The van der Waals surface area contributed by atoms with Crippen LogP contribution in [-0.4, -0.2) is 66.9 Å². The Bertz CT molecular complexity index is 1360. The molecule has 12 heteroatoms. The average molecular weight is 538 g/mol. The number of anilines is 1. The number of carbonyl (C=O) groups is 3. The first-order valence-electron chi connectivity index (χ1n) is 13.4. The highest BCUT2D eigenvalue weighted by molar-refractivity contribution is 6.00. The van der Waals surface area contributed by atoms with E-state index in [4.69, 9.17) is 20.6 Å². The van der Waals surface area contributed by atoms with Crippen LogP contribution in [0.2, 0.25) is 0 Å². The van der Waals surface area contributed by atoms with E-state index >= 15 is 0 Å². The van der Waals surface area contributed by atoms with E-state index in [0.29, 0.717) is 29.3 Å². The molecule has 12 nitrogen and oxygen atoms in total. The van der Waals surface area contributed by atoms with Gasteiger partial charge in [-0.15, -0.1) is 6.42 Å². The van der Waals surface area contributed by atoms with Gasteiger partial charge < -0.3 is 24.6 Å². The zero-order valence-corrected chi connectivity index (χ0v) is 21.7. The molecule has 0 unspecified atom stereocenters. The van der Waals surface area contributed by atoms with E-state index in [9.17, 15) is 19.5 Å². The van der Waals surface area contributed by atoms with Crippen molar-refractivity contribution in [3.63, 3.8) is 0 Å². The lowest BCUT2D eigenvalue weighted by atomic mass is 9.61. The van der Waals surface area contributed by atoms with Crippen LogP contribution >= 0.6 is 0 Å². The SMILES string of the molecule is C#C[C@]1(COC(=O)C23CCC(CC2)CC3)O[C@@H](n2cnc3c(NC(=O)[C@H]4CCC(=O)O4)nc(C)nc32)C[C@@H]1O. The largest absolute Gasteiger partial charge is 0.461 e. The Hall–Kier alpha value is -3.56. The topological polar surface area (TPSA) is 155 Å². The maximum atomic E-state index is 13.1. The van der Waals surface area contributed by atoms with Crippen LogP contribution in [0.15, 0.2) is 6.33 Å². The number of nitrogens with zero attached hydrogens (tertiary/aromatic N) is 4. The highest BCUT2D eigenvalue weighted by Crippen LogP contribution is 2.51. The molecule has 4 heterocycles. The van der Waals surface area contributed by atoms with Crippen LogP contribution in [-0.2, 0) is 28.6 Å². The number of hydrogen-bond acceptors (Lipinski definition) is 10. The standard InChI is InChI=1S/C27H31N5O7/c1-3-27(13-37-25(36)26-9-6-16(7-10-26)8-11-26)18(33)12-19(39-27)32-14-28-21-22(29-15(2)30-23(21)32)31-24(35)17-4-5-20(34)38-17/h1,14,16-19,33H,4-13H2,2H3,(H,29,30,31,35)/t16?,17-,18+,19-,26?,27-/m1/s1. The molecule has 2 bridgehead atoms. The van der Waals surface area contributed by atoms with Crippen molar-refractivity contribution < 1.29 is 33.7 Å². The predicted octanol–water partition coefficient (Wildman–Crippen LogP) is 1.94. The summed E-state index contributed by atoms with van der Waals surface area (Å²) in [5.41, 5.74) is -1.32. The van der Waals surface area contributed by atoms with E-state index in [2.05, 4.69) is 26.2 Å². The number of aryl methyl sites for hydroxylation is 1. The van der Waals surface area contributed by atoms with Gasteiger partial charge in [0.15, 0.2) is 28.7 Å². The molecule has 0 spiro atoms. The minimum atomic E-state index is -1.52. The molecular weight excluding hydrogens is 506 g/mol. The molecule has 4 atom stereocenters.